The Labute approximate surface area is 111 Å². The van der Waals surface area contributed by atoms with Gasteiger partial charge in [-0.1, -0.05) is 57.4 Å². The lowest BCUT2D eigenvalue weighted by atomic mass is 10.1. The van der Waals surface area contributed by atoms with Crippen LogP contribution in [0.2, 0.25) is 0 Å². The summed E-state index contributed by atoms with van der Waals surface area (Å²) in [5.41, 5.74) is 0. The molecule has 0 aromatic heterocycles. The minimum Gasteiger partial charge on any atom is -0.478 e. The largest absolute Gasteiger partial charge is 0.478 e. The molecule has 2 N–H and O–H groups in total. The van der Waals surface area contributed by atoms with Crippen LogP contribution in [0.1, 0.15) is 70.6 Å². The number of allylic oxidation sites excluding steroid dienone is 1. The number of carboxylic acid groups (broad SMARTS) is 1. The third-order valence-electron chi connectivity index (χ3n) is 3.04. The lowest BCUT2D eigenvalue weighted by molar-refractivity contribution is -0.131. The molecule has 3 heteroatoms. The van der Waals surface area contributed by atoms with Crippen LogP contribution in [0, 0.1) is 0 Å². The SMILES string of the molecule is O=C(O)C=CCCCCCCCCCCCCO. The van der Waals surface area contributed by atoms with Gasteiger partial charge in [-0.15, -0.1) is 0 Å². The first-order chi connectivity index (χ1) is 8.77. The van der Waals surface area contributed by atoms with Gasteiger partial charge in [-0.25, -0.2) is 4.79 Å². The van der Waals surface area contributed by atoms with E-state index < -0.39 is 5.97 Å². The second-order valence-corrected chi connectivity index (χ2v) is 4.79. The normalized spacial score (nSPS) is 11.2. The maximum atomic E-state index is 10.2. The van der Waals surface area contributed by atoms with E-state index in [1.54, 1.807) is 6.08 Å². The second-order valence-electron chi connectivity index (χ2n) is 4.79. The summed E-state index contributed by atoms with van der Waals surface area (Å²) in [6, 6.07) is 0. The number of aliphatic hydroxyl groups is 1. The second kappa shape index (κ2) is 14.2. The Hall–Kier alpha value is -0.830. The maximum absolute atomic E-state index is 10.2. The number of carbonyl (C=O) groups is 1. The van der Waals surface area contributed by atoms with Gasteiger partial charge in [0.25, 0.3) is 0 Å². The van der Waals surface area contributed by atoms with Crippen LogP contribution < -0.4 is 0 Å². The standard InChI is InChI=1S/C15H28O3/c16-14-12-10-8-6-4-2-1-3-5-7-9-11-13-15(17)18/h11,13,16H,1-10,12,14H2,(H,17,18). The molecule has 0 heterocycles. The van der Waals surface area contributed by atoms with Crippen LogP contribution in [0.25, 0.3) is 0 Å². The molecule has 18 heavy (non-hydrogen) atoms. The van der Waals surface area contributed by atoms with E-state index in [4.69, 9.17) is 10.2 Å². The summed E-state index contributed by atoms with van der Waals surface area (Å²) in [7, 11) is 0. The van der Waals surface area contributed by atoms with Crippen molar-refractivity contribution >= 4 is 5.97 Å². The van der Waals surface area contributed by atoms with Gasteiger partial charge in [0.05, 0.1) is 0 Å². The zero-order chi connectivity index (χ0) is 13.5. The molecule has 106 valence electrons. The Morgan fingerprint density at radius 2 is 1.22 bits per heavy atom. The molecule has 0 aliphatic carbocycles. The van der Waals surface area contributed by atoms with E-state index in [1.807, 2.05) is 0 Å². The number of hydrogen-bond donors (Lipinski definition) is 2. The number of hydrogen-bond acceptors (Lipinski definition) is 2. The van der Waals surface area contributed by atoms with Crippen molar-refractivity contribution in [2.45, 2.75) is 70.6 Å². The fourth-order valence-corrected chi connectivity index (χ4v) is 1.97. The third-order valence-corrected chi connectivity index (χ3v) is 3.04. The predicted octanol–water partition coefficient (Wildman–Crippen LogP) is 3.91. The van der Waals surface area contributed by atoms with Gasteiger partial charge in [0.15, 0.2) is 0 Å². The van der Waals surface area contributed by atoms with Gasteiger partial charge in [-0.05, 0) is 19.3 Å². The lowest BCUT2D eigenvalue weighted by Crippen LogP contribution is -1.86. The van der Waals surface area contributed by atoms with E-state index in [0.29, 0.717) is 6.61 Å². The molecule has 0 saturated heterocycles. The van der Waals surface area contributed by atoms with Crippen LogP contribution in [0.15, 0.2) is 12.2 Å². The molecule has 0 saturated carbocycles. The smallest absolute Gasteiger partial charge is 0.327 e. The first-order valence-electron chi connectivity index (χ1n) is 7.27. The van der Waals surface area contributed by atoms with Crippen molar-refractivity contribution in [3.05, 3.63) is 12.2 Å². The van der Waals surface area contributed by atoms with Crippen LogP contribution in [-0.4, -0.2) is 22.8 Å². The van der Waals surface area contributed by atoms with E-state index in [-0.39, 0.29) is 0 Å². The summed E-state index contributed by atoms with van der Waals surface area (Å²) in [6.07, 6.45) is 16.0. The Balaban J connectivity index is 3.01. The zero-order valence-electron chi connectivity index (χ0n) is 11.4. The van der Waals surface area contributed by atoms with Gasteiger partial charge in [-0.3, -0.25) is 0 Å². The molecule has 0 atom stereocenters. The highest BCUT2D eigenvalue weighted by Crippen LogP contribution is 2.11. The minimum atomic E-state index is -0.851. The molecule has 0 rings (SSSR count). The van der Waals surface area contributed by atoms with E-state index in [1.165, 1.54) is 51.0 Å². The molecule has 0 aromatic rings. The molecule has 0 fully saturated rings. The minimum absolute atomic E-state index is 0.330. The average molecular weight is 256 g/mol. The molecule has 0 bridgehead atoms. The van der Waals surface area contributed by atoms with E-state index in [2.05, 4.69) is 0 Å². The molecule has 0 aliphatic rings. The molecule has 0 amide bonds. The molecule has 0 spiro atoms. The number of aliphatic hydroxyl groups excluding tert-OH is 1. The fourth-order valence-electron chi connectivity index (χ4n) is 1.97. The van der Waals surface area contributed by atoms with E-state index in [9.17, 15) is 4.79 Å². The number of rotatable bonds is 13. The van der Waals surface area contributed by atoms with Gasteiger partial charge < -0.3 is 10.2 Å². The molecular formula is C15H28O3. The lowest BCUT2D eigenvalue weighted by Gasteiger charge is -2.01. The van der Waals surface area contributed by atoms with Crippen molar-refractivity contribution in [2.75, 3.05) is 6.61 Å². The van der Waals surface area contributed by atoms with Gasteiger partial charge in [0, 0.05) is 12.7 Å². The van der Waals surface area contributed by atoms with Crippen molar-refractivity contribution < 1.29 is 15.0 Å². The Kier molecular flexibility index (Phi) is 13.6. The molecular weight excluding hydrogens is 228 g/mol. The highest BCUT2D eigenvalue weighted by atomic mass is 16.4. The summed E-state index contributed by atoms with van der Waals surface area (Å²) in [4.78, 5) is 10.2. The Bertz CT molecular complexity index is 212. The quantitative estimate of drug-likeness (QED) is 0.388. The van der Waals surface area contributed by atoms with Crippen molar-refractivity contribution in [3.8, 4) is 0 Å². The van der Waals surface area contributed by atoms with Crippen molar-refractivity contribution in [1.29, 1.82) is 0 Å². The molecule has 0 radical (unpaired) electrons. The van der Waals surface area contributed by atoms with Crippen molar-refractivity contribution in [1.82, 2.24) is 0 Å². The first kappa shape index (κ1) is 17.2. The molecule has 0 unspecified atom stereocenters. The maximum Gasteiger partial charge on any atom is 0.327 e. The van der Waals surface area contributed by atoms with E-state index in [0.717, 1.165) is 25.7 Å². The highest BCUT2D eigenvalue weighted by Gasteiger charge is 1.92. The molecule has 0 aliphatic heterocycles. The average Bonchev–Trinajstić information content (AvgIpc) is 2.34. The first-order valence-corrected chi connectivity index (χ1v) is 7.27. The number of carboxylic acids is 1. The summed E-state index contributed by atoms with van der Waals surface area (Å²) in [6.45, 7) is 0.330. The van der Waals surface area contributed by atoms with E-state index >= 15 is 0 Å². The molecule has 3 nitrogen and oxygen atoms in total. The van der Waals surface area contributed by atoms with Crippen LogP contribution in [0.5, 0.6) is 0 Å². The monoisotopic (exact) mass is 256 g/mol. The highest BCUT2D eigenvalue weighted by molar-refractivity contribution is 5.79. The summed E-state index contributed by atoms with van der Waals surface area (Å²) in [5.74, 6) is -0.851. The zero-order valence-corrected chi connectivity index (χ0v) is 11.4. The number of unbranched alkanes of at least 4 members (excludes halogenated alkanes) is 10. The van der Waals surface area contributed by atoms with Crippen LogP contribution in [-0.2, 0) is 4.79 Å². The van der Waals surface area contributed by atoms with Crippen LogP contribution >= 0.6 is 0 Å². The van der Waals surface area contributed by atoms with Crippen molar-refractivity contribution in [3.63, 3.8) is 0 Å². The van der Waals surface area contributed by atoms with Crippen LogP contribution in [0.3, 0.4) is 0 Å². The summed E-state index contributed by atoms with van der Waals surface area (Å²) < 4.78 is 0. The summed E-state index contributed by atoms with van der Waals surface area (Å²) >= 11 is 0. The van der Waals surface area contributed by atoms with Crippen molar-refractivity contribution in [2.24, 2.45) is 0 Å². The van der Waals surface area contributed by atoms with Gasteiger partial charge in [0.1, 0.15) is 0 Å². The fraction of sp³-hybridized carbons (Fsp3) is 0.800. The van der Waals surface area contributed by atoms with Gasteiger partial charge in [0.2, 0.25) is 0 Å². The van der Waals surface area contributed by atoms with Crippen LogP contribution in [0.4, 0.5) is 0 Å². The topological polar surface area (TPSA) is 57.5 Å². The molecule has 0 aromatic carbocycles. The van der Waals surface area contributed by atoms with Gasteiger partial charge >= 0.3 is 5.97 Å². The summed E-state index contributed by atoms with van der Waals surface area (Å²) in [5, 5.41) is 17.0. The Morgan fingerprint density at radius 1 is 0.778 bits per heavy atom. The van der Waals surface area contributed by atoms with Gasteiger partial charge in [-0.2, -0.15) is 0 Å². The Morgan fingerprint density at radius 3 is 1.67 bits per heavy atom. The number of aliphatic carboxylic acids is 1. The third kappa shape index (κ3) is 15.2. The predicted molar refractivity (Wildman–Crippen MR) is 74.6 cm³/mol.